The van der Waals surface area contributed by atoms with Crippen LogP contribution in [0.2, 0.25) is 0 Å². The average Bonchev–Trinajstić information content (AvgIpc) is 3.24. The van der Waals surface area contributed by atoms with Crippen LogP contribution >= 0.6 is 24.4 Å². The van der Waals surface area contributed by atoms with Crippen molar-refractivity contribution in [2.45, 2.75) is 6.92 Å². The van der Waals surface area contributed by atoms with Gasteiger partial charge in [-0.25, -0.2) is 24.6 Å². The van der Waals surface area contributed by atoms with E-state index in [9.17, 15) is 9.59 Å². The van der Waals surface area contributed by atoms with E-state index in [0.29, 0.717) is 11.4 Å². The molecule has 0 spiro atoms. The van der Waals surface area contributed by atoms with E-state index in [1.807, 2.05) is 0 Å². The quantitative estimate of drug-likeness (QED) is 0.436. The zero-order valence-corrected chi connectivity index (χ0v) is 16.0. The largest absolute Gasteiger partial charge is 0.461 e. The summed E-state index contributed by atoms with van der Waals surface area (Å²) in [6, 6.07) is 7.07. The number of H-pyrrole nitrogens is 2. The third-order valence-electron chi connectivity index (χ3n) is 3.61. The molecule has 10 nitrogen and oxygen atoms in total. The smallest absolute Gasteiger partial charge is 0.362 e. The van der Waals surface area contributed by atoms with Crippen LogP contribution in [0.4, 0.5) is 0 Å². The summed E-state index contributed by atoms with van der Waals surface area (Å²) >= 11 is 10.7. The standard InChI is InChI=1S/C15H15N7O3S2/c1-3-25-15(24)11-14(27)22(20-18-11)9-7-5-4-6-8(9)21-13(26)10(17-19-21)12(23)16-2/h4-7,19-20H,3H2,1-2H3,(H,16,23). The van der Waals surface area contributed by atoms with E-state index in [4.69, 9.17) is 29.2 Å². The summed E-state index contributed by atoms with van der Waals surface area (Å²) in [5, 5.41) is 15.8. The van der Waals surface area contributed by atoms with E-state index >= 15 is 0 Å². The maximum absolute atomic E-state index is 12.0. The molecule has 0 saturated carbocycles. The summed E-state index contributed by atoms with van der Waals surface area (Å²) in [7, 11) is 1.49. The summed E-state index contributed by atoms with van der Waals surface area (Å²) in [5.74, 6) is -1.02. The summed E-state index contributed by atoms with van der Waals surface area (Å²) < 4.78 is 8.20. The number of ether oxygens (including phenoxy) is 1. The minimum absolute atomic E-state index is 0.000843. The van der Waals surface area contributed by atoms with Crippen molar-refractivity contribution in [3.05, 3.63) is 44.9 Å². The zero-order chi connectivity index (χ0) is 19.6. The number of carbonyl (C=O) groups is 2. The molecule has 0 unspecified atom stereocenters. The highest BCUT2D eigenvalue weighted by Crippen LogP contribution is 2.20. The minimum Gasteiger partial charge on any atom is -0.461 e. The minimum atomic E-state index is -0.616. The molecule has 3 aromatic rings. The van der Waals surface area contributed by atoms with Crippen molar-refractivity contribution in [3.63, 3.8) is 0 Å². The second-order valence-electron chi connectivity index (χ2n) is 5.19. The SMILES string of the molecule is CCOC(=O)c1n[nH]n(-c2ccccc2-n2[nH]nc(C(=O)NC)c2=S)c1=S. The third kappa shape index (κ3) is 3.31. The summed E-state index contributed by atoms with van der Waals surface area (Å²) in [4.78, 5) is 23.8. The van der Waals surface area contributed by atoms with E-state index in [0.717, 1.165) is 0 Å². The number of rotatable bonds is 5. The second kappa shape index (κ2) is 7.63. The summed E-state index contributed by atoms with van der Waals surface area (Å²) in [5.41, 5.74) is 1.19. The lowest BCUT2D eigenvalue weighted by Crippen LogP contribution is -2.18. The molecule has 0 aliphatic heterocycles. The van der Waals surface area contributed by atoms with Crippen LogP contribution in [0.3, 0.4) is 0 Å². The van der Waals surface area contributed by atoms with E-state index in [1.54, 1.807) is 31.2 Å². The molecule has 140 valence electrons. The van der Waals surface area contributed by atoms with Gasteiger partial charge in [0.1, 0.15) is 0 Å². The molecular weight excluding hydrogens is 390 g/mol. The van der Waals surface area contributed by atoms with Crippen molar-refractivity contribution in [2.75, 3.05) is 13.7 Å². The second-order valence-corrected chi connectivity index (χ2v) is 5.96. The van der Waals surface area contributed by atoms with Gasteiger partial charge in [0.15, 0.2) is 15.0 Å². The Morgan fingerprint density at radius 2 is 1.59 bits per heavy atom. The van der Waals surface area contributed by atoms with Gasteiger partial charge in [0, 0.05) is 7.05 Å². The molecule has 27 heavy (non-hydrogen) atoms. The molecule has 3 rings (SSSR count). The Kier molecular flexibility index (Phi) is 5.28. The first-order valence-electron chi connectivity index (χ1n) is 7.83. The number of esters is 1. The average molecular weight is 405 g/mol. The highest BCUT2D eigenvalue weighted by molar-refractivity contribution is 7.71. The zero-order valence-electron chi connectivity index (χ0n) is 14.3. The van der Waals surface area contributed by atoms with Crippen LogP contribution in [-0.2, 0) is 4.74 Å². The lowest BCUT2D eigenvalue weighted by molar-refractivity contribution is 0.0518. The number of hydrogen-bond acceptors (Lipinski definition) is 7. The summed E-state index contributed by atoms with van der Waals surface area (Å²) in [6.45, 7) is 1.91. The number of hydrogen-bond donors (Lipinski definition) is 3. The summed E-state index contributed by atoms with van der Waals surface area (Å²) in [6.07, 6.45) is 0. The molecule has 0 fully saturated rings. The van der Waals surface area contributed by atoms with E-state index in [2.05, 4.69) is 25.9 Å². The van der Waals surface area contributed by atoms with Gasteiger partial charge in [0.2, 0.25) is 5.69 Å². The van der Waals surface area contributed by atoms with Gasteiger partial charge in [0.05, 0.1) is 18.0 Å². The Balaban J connectivity index is 2.13. The predicted octanol–water partition coefficient (Wildman–Crippen LogP) is 1.71. The normalized spacial score (nSPS) is 10.6. The van der Waals surface area contributed by atoms with Crippen LogP contribution in [0.5, 0.6) is 0 Å². The van der Waals surface area contributed by atoms with Gasteiger partial charge >= 0.3 is 5.97 Å². The van der Waals surface area contributed by atoms with Gasteiger partial charge in [-0.1, -0.05) is 36.6 Å². The van der Waals surface area contributed by atoms with Gasteiger partial charge < -0.3 is 10.1 Å². The lowest BCUT2D eigenvalue weighted by Gasteiger charge is -2.09. The first kappa shape index (κ1) is 18.7. The van der Waals surface area contributed by atoms with Crippen molar-refractivity contribution in [1.29, 1.82) is 0 Å². The first-order valence-corrected chi connectivity index (χ1v) is 8.65. The molecule has 0 radical (unpaired) electrons. The van der Waals surface area contributed by atoms with Crippen LogP contribution in [-0.4, -0.2) is 55.5 Å². The molecule has 0 atom stereocenters. The molecule has 0 saturated heterocycles. The van der Waals surface area contributed by atoms with Crippen molar-refractivity contribution >= 4 is 36.3 Å². The number of amides is 1. The van der Waals surface area contributed by atoms with Gasteiger partial charge in [-0.2, -0.15) is 5.10 Å². The molecule has 1 amide bonds. The fourth-order valence-electron chi connectivity index (χ4n) is 2.37. The maximum atomic E-state index is 12.0. The lowest BCUT2D eigenvalue weighted by atomic mass is 10.2. The highest BCUT2D eigenvalue weighted by atomic mass is 32.1. The fourth-order valence-corrected chi connectivity index (χ4v) is 2.91. The van der Waals surface area contributed by atoms with E-state index in [-0.39, 0.29) is 27.3 Å². The van der Waals surface area contributed by atoms with Crippen molar-refractivity contribution in [2.24, 2.45) is 0 Å². The van der Waals surface area contributed by atoms with Crippen LogP contribution in [0.1, 0.15) is 27.9 Å². The number of nitrogens with zero attached hydrogens (tertiary/aromatic N) is 4. The number of para-hydroxylation sites is 2. The molecule has 2 aromatic heterocycles. The van der Waals surface area contributed by atoms with Gasteiger partial charge in [0.25, 0.3) is 5.91 Å². The Bertz CT molecular complexity index is 1120. The molecular formula is C15H15N7O3S2. The monoisotopic (exact) mass is 405 g/mol. The Labute approximate surface area is 163 Å². The van der Waals surface area contributed by atoms with Gasteiger partial charge in [-0.3, -0.25) is 4.79 Å². The maximum Gasteiger partial charge on any atom is 0.362 e. The molecule has 0 aliphatic rings. The first-order chi connectivity index (χ1) is 13.0. The highest BCUT2D eigenvalue weighted by Gasteiger charge is 2.19. The molecule has 2 heterocycles. The molecule has 3 N–H and O–H groups in total. The molecule has 12 heteroatoms. The van der Waals surface area contributed by atoms with Crippen molar-refractivity contribution < 1.29 is 14.3 Å². The molecule has 0 bridgehead atoms. The Morgan fingerprint density at radius 1 is 1.07 bits per heavy atom. The van der Waals surface area contributed by atoms with Crippen LogP contribution in [0, 0.1) is 9.28 Å². The number of aromatic amines is 2. The van der Waals surface area contributed by atoms with E-state index < -0.39 is 11.9 Å². The van der Waals surface area contributed by atoms with Crippen LogP contribution in [0.15, 0.2) is 24.3 Å². The number of carbonyl (C=O) groups excluding carboxylic acids is 2. The third-order valence-corrected chi connectivity index (χ3v) is 4.36. The van der Waals surface area contributed by atoms with Crippen LogP contribution < -0.4 is 5.32 Å². The van der Waals surface area contributed by atoms with Gasteiger partial charge in [-0.15, -0.1) is 5.10 Å². The number of benzene rings is 1. The van der Waals surface area contributed by atoms with Crippen LogP contribution in [0.25, 0.3) is 11.4 Å². The topological polar surface area (TPSA) is 123 Å². The fraction of sp³-hybridized carbons (Fsp3) is 0.200. The Morgan fingerprint density at radius 3 is 2.11 bits per heavy atom. The van der Waals surface area contributed by atoms with E-state index in [1.165, 1.54) is 16.4 Å². The van der Waals surface area contributed by atoms with Crippen molar-refractivity contribution in [3.8, 4) is 11.4 Å². The predicted molar refractivity (Wildman–Crippen MR) is 100 cm³/mol. The van der Waals surface area contributed by atoms with Crippen molar-refractivity contribution in [1.82, 2.24) is 35.3 Å². The number of aromatic nitrogens is 6. The molecule has 1 aromatic carbocycles. The molecule has 0 aliphatic carbocycles. The Hall–Kier alpha value is -3.12. The number of nitrogens with one attached hydrogen (secondary N) is 3. The van der Waals surface area contributed by atoms with Gasteiger partial charge in [-0.05, 0) is 19.1 Å².